The number of likely N-dealkylation sites (tertiary alicyclic amines) is 1. The number of rotatable bonds is 7. The lowest BCUT2D eigenvalue weighted by atomic mass is 9.98. The second kappa shape index (κ2) is 7.36. The van der Waals surface area contributed by atoms with Crippen LogP contribution in [0, 0.1) is 10.1 Å². The number of carbonyl (C=O) groups excluding carboxylic acids is 1. The van der Waals surface area contributed by atoms with Crippen molar-refractivity contribution in [1.29, 1.82) is 0 Å². The molecule has 2 aliphatic rings. The number of hydrogen-bond acceptors (Lipinski definition) is 8. The third kappa shape index (κ3) is 4.07. The molecule has 5 atom stereocenters. The summed E-state index contributed by atoms with van der Waals surface area (Å²) in [6.45, 7) is 2.56. The molecule has 5 unspecified atom stereocenters. The highest BCUT2D eigenvalue weighted by Crippen LogP contribution is 2.41. The van der Waals surface area contributed by atoms with Gasteiger partial charge < -0.3 is 24.7 Å². The third-order valence-electron chi connectivity index (χ3n) is 4.71. The lowest BCUT2D eigenvalue weighted by molar-refractivity contribution is -0.397. The normalized spacial score (nSPS) is 28.7. The number of hydrogen-bond donors (Lipinski definition) is 1. The van der Waals surface area contributed by atoms with E-state index in [1.807, 2.05) is 0 Å². The number of aromatic nitrogens is 2. The van der Waals surface area contributed by atoms with Crippen molar-refractivity contribution in [3.8, 4) is 0 Å². The number of fused-ring (bicyclic) bond motifs is 1. The Bertz CT molecular complexity index is 635. The van der Waals surface area contributed by atoms with Crippen LogP contribution in [0.15, 0.2) is 12.4 Å². The molecular formula is C15H22N4O6. The topological polar surface area (TPSA) is 120 Å². The van der Waals surface area contributed by atoms with Crippen LogP contribution in [0.25, 0.3) is 0 Å². The minimum Gasteiger partial charge on any atom is -0.435 e. The Morgan fingerprint density at radius 1 is 1.48 bits per heavy atom. The van der Waals surface area contributed by atoms with Crippen molar-refractivity contribution in [1.82, 2.24) is 14.5 Å². The molecule has 10 heteroatoms. The van der Waals surface area contributed by atoms with Gasteiger partial charge in [0.25, 0.3) is 0 Å². The molecule has 138 valence electrons. The standard InChI is InChI=1S/C15H22N4O6/c1-2-24-15(21)25-11-3-4-12-13(7-11)18(12)9-10(20)8-17-6-5-16-14(17)19(22)23/h5-6,10-13,20H,2-4,7-9H2,1H3. The maximum Gasteiger partial charge on any atom is 0.508 e. The summed E-state index contributed by atoms with van der Waals surface area (Å²) in [4.78, 5) is 27.5. The van der Waals surface area contributed by atoms with Crippen molar-refractivity contribution >= 4 is 12.1 Å². The Labute approximate surface area is 144 Å². The van der Waals surface area contributed by atoms with Crippen molar-refractivity contribution in [3.63, 3.8) is 0 Å². The van der Waals surface area contributed by atoms with Gasteiger partial charge in [0.2, 0.25) is 0 Å². The van der Waals surface area contributed by atoms with Gasteiger partial charge in [-0.3, -0.25) is 4.90 Å². The van der Waals surface area contributed by atoms with Crippen LogP contribution in [0.5, 0.6) is 0 Å². The largest absolute Gasteiger partial charge is 0.508 e. The molecule has 0 bridgehead atoms. The summed E-state index contributed by atoms with van der Waals surface area (Å²) in [6, 6.07) is 0.662. The van der Waals surface area contributed by atoms with Crippen LogP contribution in [0.2, 0.25) is 0 Å². The number of ether oxygens (including phenoxy) is 2. The van der Waals surface area contributed by atoms with Crippen LogP contribution in [-0.4, -0.2) is 68.1 Å². The van der Waals surface area contributed by atoms with E-state index in [4.69, 9.17) is 9.47 Å². The van der Waals surface area contributed by atoms with Crippen molar-refractivity contribution in [2.24, 2.45) is 0 Å². The monoisotopic (exact) mass is 354 g/mol. The zero-order valence-corrected chi connectivity index (χ0v) is 14.0. The summed E-state index contributed by atoms with van der Waals surface area (Å²) in [5.41, 5.74) is 0. The number of aliphatic hydroxyl groups is 1. The molecule has 0 spiro atoms. The van der Waals surface area contributed by atoms with Gasteiger partial charge in [-0.05, 0) is 24.7 Å². The first-order valence-corrected chi connectivity index (χ1v) is 8.42. The average molecular weight is 354 g/mol. The van der Waals surface area contributed by atoms with Crippen molar-refractivity contribution < 1.29 is 24.3 Å². The highest BCUT2D eigenvalue weighted by Gasteiger charge is 2.51. The highest BCUT2D eigenvalue weighted by atomic mass is 16.7. The van der Waals surface area contributed by atoms with Gasteiger partial charge in [-0.1, -0.05) is 4.98 Å². The van der Waals surface area contributed by atoms with Gasteiger partial charge in [0.05, 0.1) is 19.3 Å². The molecule has 0 radical (unpaired) electrons. The molecule has 1 saturated heterocycles. The lowest BCUT2D eigenvalue weighted by Crippen LogP contribution is -2.27. The maximum atomic E-state index is 11.4. The highest BCUT2D eigenvalue weighted by molar-refractivity contribution is 5.60. The van der Waals surface area contributed by atoms with Crippen LogP contribution >= 0.6 is 0 Å². The predicted molar refractivity (Wildman–Crippen MR) is 84.9 cm³/mol. The van der Waals surface area contributed by atoms with Crippen LogP contribution in [-0.2, 0) is 16.0 Å². The molecule has 25 heavy (non-hydrogen) atoms. The van der Waals surface area contributed by atoms with Crippen LogP contribution < -0.4 is 0 Å². The first-order valence-electron chi connectivity index (χ1n) is 8.42. The van der Waals surface area contributed by atoms with Crippen LogP contribution in [0.4, 0.5) is 10.7 Å². The van der Waals surface area contributed by atoms with Gasteiger partial charge in [-0.15, -0.1) is 0 Å². The van der Waals surface area contributed by atoms with E-state index in [0.29, 0.717) is 12.6 Å². The minimum atomic E-state index is -0.733. The zero-order chi connectivity index (χ0) is 18.0. The Morgan fingerprint density at radius 3 is 3.00 bits per heavy atom. The molecule has 0 aromatic carbocycles. The fourth-order valence-corrected chi connectivity index (χ4v) is 3.60. The van der Waals surface area contributed by atoms with Crippen LogP contribution in [0.3, 0.4) is 0 Å². The van der Waals surface area contributed by atoms with E-state index in [0.717, 1.165) is 19.3 Å². The molecule has 1 saturated carbocycles. The van der Waals surface area contributed by atoms with E-state index in [-0.39, 0.29) is 31.2 Å². The first-order chi connectivity index (χ1) is 12.0. The third-order valence-corrected chi connectivity index (χ3v) is 4.71. The van der Waals surface area contributed by atoms with Crippen LogP contribution in [0.1, 0.15) is 26.2 Å². The van der Waals surface area contributed by atoms with Gasteiger partial charge in [-0.2, -0.15) is 0 Å². The fourth-order valence-electron chi connectivity index (χ4n) is 3.60. The summed E-state index contributed by atoms with van der Waals surface area (Å²) < 4.78 is 11.4. The average Bonchev–Trinajstić information content (AvgIpc) is 3.00. The maximum absolute atomic E-state index is 11.4. The summed E-state index contributed by atoms with van der Waals surface area (Å²) in [6.07, 6.45) is 3.71. The Kier molecular flexibility index (Phi) is 5.19. The molecule has 1 aliphatic heterocycles. The molecule has 1 aliphatic carbocycles. The quantitative estimate of drug-likeness (QED) is 0.332. The van der Waals surface area contributed by atoms with Gasteiger partial charge in [-0.25, -0.2) is 9.36 Å². The summed E-state index contributed by atoms with van der Waals surface area (Å²) >= 11 is 0. The minimum absolute atomic E-state index is 0.120. The summed E-state index contributed by atoms with van der Waals surface area (Å²) in [5, 5.41) is 21.1. The summed E-state index contributed by atoms with van der Waals surface area (Å²) in [7, 11) is 0. The Morgan fingerprint density at radius 2 is 2.28 bits per heavy atom. The fraction of sp³-hybridized carbons (Fsp3) is 0.733. The van der Waals surface area contributed by atoms with E-state index < -0.39 is 17.2 Å². The molecule has 0 amide bonds. The van der Waals surface area contributed by atoms with E-state index in [1.54, 1.807) is 6.92 Å². The summed E-state index contributed by atoms with van der Waals surface area (Å²) in [5.74, 6) is -0.273. The zero-order valence-electron chi connectivity index (χ0n) is 14.0. The molecular weight excluding hydrogens is 332 g/mol. The number of β-amino-alcohol motifs (C(OH)–C–C–N with tert-alkyl or cyclic N) is 1. The van der Waals surface area contributed by atoms with E-state index in [1.165, 1.54) is 17.0 Å². The Hall–Kier alpha value is -2.20. The van der Waals surface area contributed by atoms with E-state index in [9.17, 15) is 20.0 Å². The first kappa shape index (κ1) is 17.6. The molecule has 10 nitrogen and oxygen atoms in total. The molecule has 2 heterocycles. The van der Waals surface area contributed by atoms with Gasteiger partial charge in [0, 0.05) is 25.0 Å². The van der Waals surface area contributed by atoms with Crippen molar-refractivity contribution in [3.05, 3.63) is 22.5 Å². The van der Waals surface area contributed by atoms with Gasteiger partial charge in [0.1, 0.15) is 18.5 Å². The number of carbonyl (C=O) groups is 1. The lowest BCUT2D eigenvalue weighted by Gasteiger charge is -2.19. The smallest absolute Gasteiger partial charge is 0.435 e. The van der Waals surface area contributed by atoms with Crippen molar-refractivity contribution in [2.45, 2.75) is 57.0 Å². The number of aliphatic hydroxyl groups excluding tert-OH is 1. The molecule has 2 fully saturated rings. The number of nitrogens with zero attached hydrogens (tertiary/aromatic N) is 4. The van der Waals surface area contributed by atoms with E-state index >= 15 is 0 Å². The van der Waals surface area contributed by atoms with E-state index in [2.05, 4.69) is 9.88 Å². The predicted octanol–water partition coefficient (Wildman–Crippen LogP) is 0.931. The van der Waals surface area contributed by atoms with Crippen molar-refractivity contribution in [2.75, 3.05) is 13.2 Å². The Balaban J connectivity index is 1.46. The molecule has 3 rings (SSSR count). The molecule has 1 N–H and O–H groups in total. The van der Waals surface area contributed by atoms with Gasteiger partial charge >= 0.3 is 12.1 Å². The number of nitro groups is 1. The second-order valence-corrected chi connectivity index (χ2v) is 6.36. The second-order valence-electron chi connectivity index (χ2n) is 6.36. The molecule has 1 aromatic heterocycles. The van der Waals surface area contributed by atoms with Gasteiger partial charge in [0.15, 0.2) is 0 Å². The number of imidazole rings is 1. The molecule has 1 aromatic rings. The SMILES string of the molecule is CCOC(=O)OC1CCC2C(C1)N2CC(O)Cn1ccnc1[N+](=O)[O-].